The molecule has 0 atom stereocenters. The number of carbonyl (C=O) groups is 1. The summed E-state index contributed by atoms with van der Waals surface area (Å²) in [7, 11) is 0. The topological polar surface area (TPSA) is 63.1 Å². The van der Waals surface area contributed by atoms with Crippen LogP contribution in [0.1, 0.15) is 19.8 Å². The summed E-state index contributed by atoms with van der Waals surface area (Å²) in [5, 5.41) is 7.01. The first-order valence-electron chi connectivity index (χ1n) is 7.24. The van der Waals surface area contributed by atoms with E-state index >= 15 is 0 Å². The van der Waals surface area contributed by atoms with Gasteiger partial charge in [-0.05, 0) is 37.0 Å². The molecule has 0 radical (unpaired) electrons. The third-order valence-corrected chi connectivity index (χ3v) is 3.81. The van der Waals surface area contributed by atoms with Gasteiger partial charge in [0, 0.05) is 25.5 Å². The molecule has 3 rings (SSSR count). The zero-order chi connectivity index (χ0) is 14.7. The van der Waals surface area contributed by atoms with Crippen molar-refractivity contribution < 1.29 is 4.79 Å². The number of likely N-dealkylation sites (tertiary alicyclic amines) is 1. The summed E-state index contributed by atoms with van der Waals surface area (Å²) in [5.74, 6) is 1.44. The Kier molecular flexibility index (Phi) is 3.85. The molecule has 1 fully saturated rings. The first kappa shape index (κ1) is 13.6. The lowest BCUT2D eigenvalue weighted by Gasteiger charge is -2.30. The molecule has 0 spiro atoms. The first-order chi connectivity index (χ1) is 10.2. The average molecular weight is 285 g/mol. The SMILES string of the molecule is CC1CCN(C(=O)Nc2ccc(-n3cccn3)nc2)CC1. The zero-order valence-corrected chi connectivity index (χ0v) is 12.1. The molecule has 0 saturated carbocycles. The molecular weight excluding hydrogens is 266 g/mol. The van der Waals surface area contributed by atoms with E-state index < -0.39 is 0 Å². The van der Waals surface area contributed by atoms with Gasteiger partial charge in [0.05, 0.1) is 11.9 Å². The number of amides is 2. The van der Waals surface area contributed by atoms with Gasteiger partial charge in [0.25, 0.3) is 0 Å². The van der Waals surface area contributed by atoms with Crippen LogP contribution in [0.5, 0.6) is 0 Å². The summed E-state index contributed by atoms with van der Waals surface area (Å²) < 4.78 is 1.68. The van der Waals surface area contributed by atoms with E-state index in [0.717, 1.165) is 31.7 Å². The number of anilines is 1. The van der Waals surface area contributed by atoms with Gasteiger partial charge >= 0.3 is 6.03 Å². The third kappa shape index (κ3) is 3.21. The van der Waals surface area contributed by atoms with E-state index in [-0.39, 0.29) is 6.03 Å². The van der Waals surface area contributed by atoms with Crippen LogP contribution in [-0.2, 0) is 0 Å². The lowest BCUT2D eigenvalue weighted by atomic mass is 10.00. The van der Waals surface area contributed by atoms with Crippen molar-refractivity contribution in [3.8, 4) is 5.82 Å². The van der Waals surface area contributed by atoms with E-state index in [9.17, 15) is 4.79 Å². The van der Waals surface area contributed by atoms with Crippen molar-refractivity contribution in [2.24, 2.45) is 5.92 Å². The lowest BCUT2D eigenvalue weighted by Crippen LogP contribution is -2.40. The number of hydrogen-bond donors (Lipinski definition) is 1. The molecule has 0 aliphatic carbocycles. The number of rotatable bonds is 2. The van der Waals surface area contributed by atoms with Gasteiger partial charge in [0.2, 0.25) is 0 Å². The molecular formula is C15H19N5O. The molecule has 6 heteroatoms. The fraction of sp³-hybridized carbons (Fsp3) is 0.400. The normalized spacial score (nSPS) is 16.0. The highest BCUT2D eigenvalue weighted by Gasteiger charge is 2.20. The van der Waals surface area contributed by atoms with Gasteiger partial charge in [-0.25, -0.2) is 14.5 Å². The number of carbonyl (C=O) groups excluding carboxylic acids is 1. The Morgan fingerprint density at radius 2 is 2.14 bits per heavy atom. The van der Waals surface area contributed by atoms with Crippen molar-refractivity contribution >= 4 is 11.7 Å². The Bertz CT molecular complexity index is 585. The van der Waals surface area contributed by atoms with E-state index in [1.165, 1.54) is 0 Å². The first-order valence-corrected chi connectivity index (χ1v) is 7.24. The molecule has 2 aromatic heterocycles. The Labute approximate surface area is 123 Å². The maximum Gasteiger partial charge on any atom is 0.321 e. The monoisotopic (exact) mass is 285 g/mol. The number of hydrogen-bond acceptors (Lipinski definition) is 3. The molecule has 2 amide bonds. The van der Waals surface area contributed by atoms with E-state index in [2.05, 4.69) is 22.3 Å². The number of aromatic nitrogens is 3. The van der Waals surface area contributed by atoms with Gasteiger partial charge in [-0.2, -0.15) is 5.10 Å². The second-order valence-electron chi connectivity index (χ2n) is 5.46. The number of piperidine rings is 1. The Hall–Kier alpha value is -2.37. The van der Waals surface area contributed by atoms with Crippen molar-refractivity contribution in [2.75, 3.05) is 18.4 Å². The minimum absolute atomic E-state index is 0.0458. The molecule has 0 aromatic carbocycles. The highest BCUT2D eigenvalue weighted by Crippen LogP contribution is 2.17. The highest BCUT2D eigenvalue weighted by molar-refractivity contribution is 5.89. The highest BCUT2D eigenvalue weighted by atomic mass is 16.2. The summed E-state index contributed by atoms with van der Waals surface area (Å²) in [4.78, 5) is 18.3. The second-order valence-corrected chi connectivity index (χ2v) is 5.46. The van der Waals surface area contributed by atoms with Gasteiger partial charge < -0.3 is 10.2 Å². The molecule has 110 valence electrons. The largest absolute Gasteiger partial charge is 0.325 e. The molecule has 0 bridgehead atoms. The molecule has 1 aliphatic rings. The van der Waals surface area contributed by atoms with Gasteiger partial charge in [0.15, 0.2) is 5.82 Å². The Morgan fingerprint density at radius 1 is 1.33 bits per heavy atom. The van der Waals surface area contributed by atoms with Crippen molar-refractivity contribution in [2.45, 2.75) is 19.8 Å². The van der Waals surface area contributed by atoms with E-state index in [1.54, 1.807) is 17.1 Å². The van der Waals surface area contributed by atoms with Crippen LogP contribution in [0.2, 0.25) is 0 Å². The molecule has 1 aliphatic heterocycles. The summed E-state index contributed by atoms with van der Waals surface area (Å²) in [5.41, 5.74) is 0.703. The minimum Gasteiger partial charge on any atom is -0.325 e. The van der Waals surface area contributed by atoms with Crippen LogP contribution in [0.15, 0.2) is 36.8 Å². The van der Waals surface area contributed by atoms with Crippen LogP contribution in [0.4, 0.5) is 10.5 Å². The molecule has 2 aromatic rings. The minimum atomic E-state index is -0.0458. The molecule has 1 saturated heterocycles. The van der Waals surface area contributed by atoms with Gasteiger partial charge in [-0.1, -0.05) is 6.92 Å². The fourth-order valence-electron chi connectivity index (χ4n) is 2.41. The molecule has 0 unspecified atom stereocenters. The van der Waals surface area contributed by atoms with Crippen LogP contribution in [0.25, 0.3) is 5.82 Å². The third-order valence-electron chi connectivity index (χ3n) is 3.81. The number of nitrogens with one attached hydrogen (secondary N) is 1. The molecule has 1 N–H and O–H groups in total. The fourth-order valence-corrected chi connectivity index (χ4v) is 2.41. The second kappa shape index (κ2) is 5.95. The van der Waals surface area contributed by atoms with Gasteiger partial charge in [-0.15, -0.1) is 0 Å². The number of urea groups is 1. The number of pyridine rings is 1. The van der Waals surface area contributed by atoms with Crippen molar-refractivity contribution in [1.82, 2.24) is 19.7 Å². The lowest BCUT2D eigenvalue weighted by molar-refractivity contribution is 0.186. The van der Waals surface area contributed by atoms with Crippen LogP contribution in [0, 0.1) is 5.92 Å². The predicted molar refractivity (Wildman–Crippen MR) is 80.3 cm³/mol. The van der Waals surface area contributed by atoms with Crippen molar-refractivity contribution in [1.29, 1.82) is 0 Å². The van der Waals surface area contributed by atoms with E-state index in [1.807, 2.05) is 29.3 Å². The standard InChI is InChI=1S/C15H19N5O/c1-12-5-9-19(10-6-12)15(21)18-13-3-4-14(16-11-13)20-8-2-7-17-20/h2-4,7-8,11-12H,5-6,9-10H2,1H3,(H,18,21). The van der Waals surface area contributed by atoms with Crippen LogP contribution < -0.4 is 5.32 Å². The molecule has 21 heavy (non-hydrogen) atoms. The van der Waals surface area contributed by atoms with E-state index in [4.69, 9.17) is 0 Å². The maximum atomic E-state index is 12.2. The number of nitrogens with zero attached hydrogens (tertiary/aromatic N) is 4. The molecule has 3 heterocycles. The van der Waals surface area contributed by atoms with Crippen molar-refractivity contribution in [3.63, 3.8) is 0 Å². The summed E-state index contributed by atoms with van der Waals surface area (Å²) in [6, 6.07) is 5.47. The quantitative estimate of drug-likeness (QED) is 0.922. The Morgan fingerprint density at radius 3 is 2.76 bits per heavy atom. The Balaban J connectivity index is 1.61. The van der Waals surface area contributed by atoms with Gasteiger partial charge in [0.1, 0.15) is 0 Å². The summed E-state index contributed by atoms with van der Waals surface area (Å²) >= 11 is 0. The maximum absolute atomic E-state index is 12.2. The van der Waals surface area contributed by atoms with E-state index in [0.29, 0.717) is 11.6 Å². The van der Waals surface area contributed by atoms with Gasteiger partial charge in [-0.3, -0.25) is 0 Å². The molecule has 6 nitrogen and oxygen atoms in total. The van der Waals surface area contributed by atoms with Crippen molar-refractivity contribution in [3.05, 3.63) is 36.8 Å². The average Bonchev–Trinajstić information content (AvgIpc) is 3.03. The summed E-state index contributed by atoms with van der Waals surface area (Å²) in [6.07, 6.45) is 7.33. The predicted octanol–water partition coefficient (Wildman–Crippen LogP) is 2.53. The zero-order valence-electron chi connectivity index (χ0n) is 12.1. The summed E-state index contributed by atoms with van der Waals surface area (Å²) in [6.45, 7) is 3.88. The van der Waals surface area contributed by atoms with Crippen LogP contribution >= 0.6 is 0 Å². The smallest absolute Gasteiger partial charge is 0.321 e. The van der Waals surface area contributed by atoms with Crippen LogP contribution in [0.3, 0.4) is 0 Å². The van der Waals surface area contributed by atoms with Crippen LogP contribution in [-0.4, -0.2) is 38.8 Å².